The number of carbonyl (C=O) groups is 1. The molecule has 7 heteroatoms. The first kappa shape index (κ1) is 24.4. The van der Waals surface area contributed by atoms with Crippen molar-refractivity contribution in [2.24, 2.45) is 7.05 Å². The number of nitriles is 1. The third kappa shape index (κ3) is 4.39. The molecule has 1 saturated carbocycles. The summed E-state index contributed by atoms with van der Waals surface area (Å²) in [5.41, 5.74) is 5.85. The van der Waals surface area contributed by atoms with Crippen molar-refractivity contribution >= 4 is 33.5 Å². The van der Waals surface area contributed by atoms with Gasteiger partial charge >= 0.3 is 5.97 Å². The number of aryl methyl sites for hydroxylation is 1. The van der Waals surface area contributed by atoms with Crippen LogP contribution in [0.2, 0.25) is 0 Å². The number of ether oxygens (including phenoxy) is 1. The number of hydrogen-bond donors (Lipinski definition) is 0. The minimum absolute atomic E-state index is 0.317. The molecule has 0 N–H and O–H groups in total. The van der Waals surface area contributed by atoms with Crippen molar-refractivity contribution in [2.75, 3.05) is 38.2 Å². The van der Waals surface area contributed by atoms with Gasteiger partial charge in [0.1, 0.15) is 0 Å². The monoisotopic (exact) mass is 507 g/mol. The van der Waals surface area contributed by atoms with E-state index in [4.69, 9.17) is 4.74 Å². The molecular weight excluding hydrogens is 474 g/mol. The number of aromatic nitrogens is 2. The number of fused-ring (bicyclic) bond motifs is 2. The molecule has 0 bridgehead atoms. The first-order chi connectivity index (χ1) is 18.6. The molecule has 4 aromatic rings. The van der Waals surface area contributed by atoms with Gasteiger partial charge in [-0.05, 0) is 73.6 Å². The molecule has 0 amide bonds. The Hall–Kier alpha value is -3.89. The molecule has 1 saturated heterocycles. The Morgan fingerprint density at radius 2 is 1.84 bits per heavy atom. The molecule has 0 unspecified atom stereocenters. The number of pyridine rings is 1. The van der Waals surface area contributed by atoms with Crippen molar-refractivity contribution in [3.63, 3.8) is 0 Å². The molecule has 6 rings (SSSR count). The lowest BCUT2D eigenvalue weighted by Gasteiger charge is -2.42. The van der Waals surface area contributed by atoms with Crippen molar-refractivity contribution < 1.29 is 9.53 Å². The zero-order chi connectivity index (χ0) is 26.2. The lowest BCUT2D eigenvalue weighted by molar-refractivity contribution is 0.0601. The molecule has 2 aromatic heterocycles. The molecule has 2 fully saturated rings. The van der Waals surface area contributed by atoms with E-state index in [0.717, 1.165) is 48.3 Å². The second-order valence-corrected chi connectivity index (χ2v) is 10.6. The SMILES string of the molecule is COC(=O)c1cc(N2CCN(C3CCC(c4cn(C)c5ccc(C#N)cc45)CC3)CC2)c2ncccc2c1. The fourth-order valence-electron chi connectivity index (χ4n) is 6.55. The normalized spacial score (nSPS) is 20.5. The third-order valence-electron chi connectivity index (χ3n) is 8.56. The molecule has 2 aliphatic rings. The largest absolute Gasteiger partial charge is 0.465 e. The van der Waals surface area contributed by atoms with E-state index in [1.165, 1.54) is 49.3 Å². The Morgan fingerprint density at radius 1 is 1.05 bits per heavy atom. The van der Waals surface area contributed by atoms with Gasteiger partial charge in [0.15, 0.2) is 0 Å². The minimum atomic E-state index is -0.317. The molecule has 7 nitrogen and oxygen atoms in total. The van der Waals surface area contributed by atoms with E-state index in [-0.39, 0.29) is 5.97 Å². The third-order valence-corrected chi connectivity index (χ3v) is 8.56. The number of carbonyl (C=O) groups excluding carboxylic acids is 1. The van der Waals surface area contributed by atoms with Crippen LogP contribution in [0.3, 0.4) is 0 Å². The molecule has 194 valence electrons. The molecule has 0 radical (unpaired) electrons. The Kier molecular flexibility index (Phi) is 6.50. The summed E-state index contributed by atoms with van der Waals surface area (Å²) < 4.78 is 7.20. The molecule has 38 heavy (non-hydrogen) atoms. The van der Waals surface area contributed by atoms with E-state index in [9.17, 15) is 10.1 Å². The van der Waals surface area contributed by atoms with Crippen molar-refractivity contribution in [1.82, 2.24) is 14.5 Å². The van der Waals surface area contributed by atoms with Crippen LogP contribution in [-0.2, 0) is 11.8 Å². The van der Waals surface area contributed by atoms with Gasteiger partial charge in [0.25, 0.3) is 0 Å². The summed E-state index contributed by atoms with van der Waals surface area (Å²) in [6.07, 6.45) is 8.83. The summed E-state index contributed by atoms with van der Waals surface area (Å²) in [7, 11) is 3.52. The lowest BCUT2D eigenvalue weighted by Crippen LogP contribution is -2.51. The molecule has 0 atom stereocenters. The fraction of sp³-hybridized carbons (Fsp3) is 0.387. The highest BCUT2D eigenvalue weighted by Gasteiger charge is 2.31. The Balaban J connectivity index is 1.13. The Bertz CT molecular complexity index is 1540. The van der Waals surface area contributed by atoms with Crippen LogP contribution in [0.1, 0.15) is 53.1 Å². The number of benzene rings is 2. The number of nitrogens with zero attached hydrogens (tertiary/aromatic N) is 5. The summed E-state index contributed by atoms with van der Waals surface area (Å²) >= 11 is 0. The van der Waals surface area contributed by atoms with E-state index < -0.39 is 0 Å². The van der Waals surface area contributed by atoms with Crippen LogP contribution in [0.25, 0.3) is 21.8 Å². The van der Waals surface area contributed by atoms with Gasteiger partial charge in [-0.1, -0.05) is 6.07 Å². The number of rotatable bonds is 4. The predicted octanol–water partition coefficient (Wildman–Crippen LogP) is 5.23. The van der Waals surface area contributed by atoms with Gasteiger partial charge in [-0.15, -0.1) is 0 Å². The highest BCUT2D eigenvalue weighted by molar-refractivity contribution is 6.00. The van der Waals surface area contributed by atoms with Gasteiger partial charge < -0.3 is 14.2 Å². The maximum atomic E-state index is 12.3. The van der Waals surface area contributed by atoms with Gasteiger partial charge in [0, 0.05) is 68.0 Å². The highest BCUT2D eigenvalue weighted by Crippen LogP contribution is 2.39. The van der Waals surface area contributed by atoms with Crippen LogP contribution in [0.5, 0.6) is 0 Å². The molecule has 2 aromatic carbocycles. The molecule has 0 spiro atoms. The standard InChI is InChI=1S/C31H33N5O2/c1-34-20-27(26-16-21(19-32)5-10-28(26)34)22-6-8-25(9-7-22)35-12-14-36(15-13-35)29-18-24(31(37)38-2)17-23-4-3-11-33-30(23)29/h3-5,10-11,16-18,20,22,25H,6-9,12-15H2,1-2H3. The highest BCUT2D eigenvalue weighted by atomic mass is 16.5. The van der Waals surface area contributed by atoms with Crippen LogP contribution in [-0.4, -0.2) is 59.8 Å². The van der Waals surface area contributed by atoms with Gasteiger partial charge in [0.05, 0.1) is 35.5 Å². The number of anilines is 1. The molecular formula is C31H33N5O2. The topological polar surface area (TPSA) is 74.4 Å². The van der Waals surface area contributed by atoms with Crippen molar-refractivity contribution in [3.8, 4) is 6.07 Å². The van der Waals surface area contributed by atoms with Gasteiger partial charge in [-0.3, -0.25) is 9.88 Å². The van der Waals surface area contributed by atoms with Crippen molar-refractivity contribution in [2.45, 2.75) is 37.6 Å². The number of piperazine rings is 1. The first-order valence-electron chi connectivity index (χ1n) is 13.5. The first-order valence-corrected chi connectivity index (χ1v) is 13.5. The summed E-state index contributed by atoms with van der Waals surface area (Å²) in [5.74, 6) is 0.228. The maximum Gasteiger partial charge on any atom is 0.337 e. The van der Waals surface area contributed by atoms with Crippen LogP contribution < -0.4 is 4.90 Å². The average molecular weight is 508 g/mol. The van der Waals surface area contributed by atoms with E-state index >= 15 is 0 Å². The van der Waals surface area contributed by atoms with Gasteiger partial charge in [-0.2, -0.15) is 5.26 Å². The van der Waals surface area contributed by atoms with Gasteiger partial charge in [0.2, 0.25) is 0 Å². The number of methoxy groups -OCH3 is 1. The molecule has 3 heterocycles. The summed E-state index contributed by atoms with van der Waals surface area (Å²) in [4.78, 5) is 22.0. The number of hydrogen-bond acceptors (Lipinski definition) is 6. The number of esters is 1. The van der Waals surface area contributed by atoms with Crippen LogP contribution in [0.4, 0.5) is 5.69 Å². The van der Waals surface area contributed by atoms with E-state index in [2.05, 4.69) is 50.8 Å². The fourth-order valence-corrected chi connectivity index (χ4v) is 6.55. The second kappa shape index (κ2) is 10.1. The lowest BCUT2D eigenvalue weighted by atomic mass is 9.81. The smallest absolute Gasteiger partial charge is 0.337 e. The quantitative estimate of drug-likeness (QED) is 0.352. The molecule has 1 aliphatic heterocycles. The minimum Gasteiger partial charge on any atom is -0.465 e. The van der Waals surface area contributed by atoms with Crippen LogP contribution in [0, 0.1) is 11.3 Å². The summed E-state index contributed by atoms with van der Waals surface area (Å²) in [5, 5.41) is 11.6. The Labute approximate surface area is 223 Å². The van der Waals surface area contributed by atoms with Crippen LogP contribution >= 0.6 is 0 Å². The average Bonchev–Trinajstić information content (AvgIpc) is 3.31. The van der Waals surface area contributed by atoms with Gasteiger partial charge in [-0.25, -0.2) is 4.79 Å². The van der Waals surface area contributed by atoms with Crippen molar-refractivity contribution in [3.05, 3.63) is 71.5 Å². The summed E-state index contributed by atoms with van der Waals surface area (Å²) in [6, 6.07) is 16.7. The zero-order valence-corrected chi connectivity index (χ0v) is 22.1. The second-order valence-electron chi connectivity index (χ2n) is 10.6. The summed E-state index contributed by atoms with van der Waals surface area (Å²) in [6.45, 7) is 3.84. The van der Waals surface area contributed by atoms with Crippen molar-refractivity contribution in [1.29, 1.82) is 5.26 Å². The van der Waals surface area contributed by atoms with E-state index in [0.29, 0.717) is 17.5 Å². The zero-order valence-electron chi connectivity index (χ0n) is 22.1. The van der Waals surface area contributed by atoms with E-state index in [1.54, 1.807) is 0 Å². The van der Waals surface area contributed by atoms with Crippen LogP contribution in [0.15, 0.2) is 54.9 Å². The van der Waals surface area contributed by atoms with E-state index in [1.807, 2.05) is 36.5 Å². The Morgan fingerprint density at radius 3 is 2.58 bits per heavy atom. The maximum absolute atomic E-state index is 12.3. The predicted molar refractivity (Wildman–Crippen MR) is 149 cm³/mol. The molecule has 1 aliphatic carbocycles.